The largest absolute Gasteiger partial charge is 0.480 e. The molecule has 1 fully saturated rings. The molecule has 1 unspecified atom stereocenters. The molecule has 6 heteroatoms. The van der Waals surface area contributed by atoms with Gasteiger partial charge < -0.3 is 5.11 Å². The number of carboxylic acids is 1. The minimum absolute atomic E-state index is 0.349. The number of likely N-dealkylation sites (tertiary alicyclic amines) is 1. The average molecular weight is 256 g/mol. The highest BCUT2D eigenvalue weighted by Crippen LogP contribution is 2.21. The van der Waals surface area contributed by atoms with Crippen LogP contribution in [0.25, 0.3) is 0 Å². The van der Waals surface area contributed by atoms with Crippen LogP contribution in [0, 0.1) is 0 Å². The molecule has 1 aromatic heterocycles. The third-order valence-electron chi connectivity index (χ3n) is 2.97. The Hall–Kier alpha value is -1.20. The summed E-state index contributed by atoms with van der Waals surface area (Å²) >= 11 is 5.92. The maximum atomic E-state index is 11.1. The zero-order valence-corrected chi connectivity index (χ0v) is 10.1. The van der Waals surface area contributed by atoms with Crippen LogP contribution in [-0.4, -0.2) is 38.5 Å². The highest BCUT2D eigenvalue weighted by Gasteiger charge is 2.28. The fraction of sp³-hybridized carbons (Fsp3) is 0.545. The van der Waals surface area contributed by atoms with Crippen LogP contribution in [0.5, 0.6) is 0 Å². The van der Waals surface area contributed by atoms with Crippen LogP contribution in [0.3, 0.4) is 0 Å². The van der Waals surface area contributed by atoms with Crippen molar-refractivity contribution in [2.24, 2.45) is 0 Å². The molecule has 1 aliphatic rings. The second-order valence-electron chi connectivity index (χ2n) is 4.11. The van der Waals surface area contributed by atoms with E-state index in [0.717, 1.165) is 19.4 Å². The topological polar surface area (TPSA) is 66.3 Å². The number of nitrogens with zero attached hydrogens (tertiary/aromatic N) is 3. The van der Waals surface area contributed by atoms with Crippen LogP contribution in [0.4, 0.5) is 0 Å². The van der Waals surface area contributed by atoms with Gasteiger partial charge in [0.05, 0.1) is 5.69 Å². The number of aromatic nitrogens is 2. The van der Waals surface area contributed by atoms with Crippen molar-refractivity contribution in [2.75, 3.05) is 6.54 Å². The molecule has 5 nitrogen and oxygen atoms in total. The van der Waals surface area contributed by atoms with Gasteiger partial charge in [-0.2, -0.15) is 0 Å². The van der Waals surface area contributed by atoms with Crippen molar-refractivity contribution in [3.05, 3.63) is 23.2 Å². The Labute approximate surface area is 104 Å². The first kappa shape index (κ1) is 12.3. The molecule has 0 bridgehead atoms. The van der Waals surface area contributed by atoms with Crippen LogP contribution in [0.15, 0.2) is 12.4 Å². The molecule has 0 saturated carbocycles. The fourth-order valence-corrected chi connectivity index (χ4v) is 2.27. The third kappa shape index (κ3) is 2.92. The number of aliphatic carboxylic acids is 1. The predicted octanol–water partition coefficient (Wildman–Crippen LogP) is 1.57. The second-order valence-corrected chi connectivity index (χ2v) is 4.47. The zero-order valence-electron chi connectivity index (χ0n) is 9.34. The van der Waals surface area contributed by atoms with Crippen molar-refractivity contribution in [1.82, 2.24) is 14.9 Å². The van der Waals surface area contributed by atoms with E-state index in [-0.39, 0.29) is 0 Å². The Balaban J connectivity index is 2.11. The molecular formula is C11H14ClN3O2. The van der Waals surface area contributed by atoms with Gasteiger partial charge in [0.1, 0.15) is 6.04 Å². The number of carboxylic acid groups (broad SMARTS) is 1. The van der Waals surface area contributed by atoms with Gasteiger partial charge in [-0.3, -0.25) is 14.7 Å². The molecule has 1 aliphatic heterocycles. The average Bonchev–Trinajstić information content (AvgIpc) is 2.32. The van der Waals surface area contributed by atoms with E-state index in [4.69, 9.17) is 16.7 Å². The summed E-state index contributed by atoms with van der Waals surface area (Å²) in [7, 11) is 0. The van der Waals surface area contributed by atoms with Gasteiger partial charge in [-0.05, 0) is 19.4 Å². The van der Waals surface area contributed by atoms with Crippen molar-refractivity contribution in [2.45, 2.75) is 31.8 Å². The summed E-state index contributed by atoms with van der Waals surface area (Å²) in [5.74, 6) is -0.773. The summed E-state index contributed by atoms with van der Waals surface area (Å²) in [4.78, 5) is 21.1. The van der Waals surface area contributed by atoms with Gasteiger partial charge in [-0.15, -0.1) is 0 Å². The van der Waals surface area contributed by atoms with Crippen molar-refractivity contribution in [3.8, 4) is 0 Å². The molecule has 0 radical (unpaired) electrons. The monoisotopic (exact) mass is 255 g/mol. The summed E-state index contributed by atoms with van der Waals surface area (Å²) in [5, 5.41) is 9.49. The van der Waals surface area contributed by atoms with Gasteiger partial charge in [-0.1, -0.05) is 18.0 Å². The van der Waals surface area contributed by atoms with E-state index in [2.05, 4.69) is 9.97 Å². The van der Waals surface area contributed by atoms with Gasteiger partial charge in [-0.25, -0.2) is 4.98 Å². The van der Waals surface area contributed by atoms with Crippen molar-refractivity contribution < 1.29 is 9.90 Å². The maximum Gasteiger partial charge on any atom is 0.320 e. The van der Waals surface area contributed by atoms with Gasteiger partial charge in [0, 0.05) is 18.9 Å². The van der Waals surface area contributed by atoms with E-state index >= 15 is 0 Å². The SMILES string of the molecule is O=C(O)C1CCCCN1Cc1nccnc1Cl. The zero-order chi connectivity index (χ0) is 12.3. The van der Waals surface area contributed by atoms with Crippen molar-refractivity contribution >= 4 is 17.6 Å². The number of carbonyl (C=O) groups is 1. The standard InChI is InChI=1S/C11H14ClN3O2/c12-10-8(13-4-5-14-10)7-15-6-2-1-3-9(15)11(16)17/h4-5,9H,1-3,6-7H2,(H,16,17). The molecule has 1 aromatic rings. The van der Waals surface area contributed by atoms with Crippen molar-refractivity contribution in [3.63, 3.8) is 0 Å². The normalized spacial score (nSPS) is 21.4. The van der Waals surface area contributed by atoms with E-state index in [0.29, 0.717) is 23.8 Å². The van der Waals surface area contributed by atoms with E-state index < -0.39 is 12.0 Å². The highest BCUT2D eigenvalue weighted by molar-refractivity contribution is 6.29. The molecule has 2 heterocycles. The maximum absolute atomic E-state index is 11.1. The van der Waals surface area contributed by atoms with Crippen LogP contribution < -0.4 is 0 Å². The molecule has 0 spiro atoms. The van der Waals surface area contributed by atoms with E-state index in [1.807, 2.05) is 4.90 Å². The first-order valence-corrected chi connectivity index (χ1v) is 5.98. The Kier molecular flexibility index (Phi) is 3.91. The Morgan fingerprint density at radius 2 is 2.24 bits per heavy atom. The van der Waals surface area contributed by atoms with E-state index in [1.165, 1.54) is 6.20 Å². The first-order chi connectivity index (χ1) is 8.18. The Morgan fingerprint density at radius 3 is 2.94 bits per heavy atom. The highest BCUT2D eigenvalue weighted by atomic mass is 35.5. The van der Waals surface area contributed by atoms with Crippen LogP contribution >= 0.6 is 11.6 Å². The lowest BCUT2D eigenvalue weighted by molar-refractivity contribution is -0.144. The summed E-state index contributed by atoms with van der Waals surface area (Å²) in [5.41, 5.74) is 0.641. The lowest BCUT2D eigenvalue weighted by Crippen LogP contribution is -2.44. The summed E-state index contributed by atoms with van der Waals surface area (Å²) < 4.78 is 0. The Bertz CT molecular complexity index is 413. The minimum Gasteiger partial charge on any atom is -0.480 e. The van der Waals surface area contributed by atoms with E-state index in [1.54, 1.807) is 6.20 Å². The fourth-order valence-electron chi connectivity index (χ4n) is 2.11. The molecule has 1 N–H and O–H groups in total. The predicted molar refractivity (Wildman–Crippen MR) is 62.7 cm³/mol. The third-order valence-corrected chi connectivity index (χ3v) is 3.29. The minimum atomic E-state index is -0.773. The molecule has 2 rings (SSSR count). The van der Waals surface area contributed by atoms with Crippen LogP contribution in [0.2, 0.25) is 5.15 Å². The molecule has 0 amide bonds. The smallest absolute Gasteiger partial charge is 0.320 e. The molecule has 0 aromatic carbocycles. The first-order valence-electron chi connectivity index (χ1n) is 5.60. The second kappa shape index (κ2) is 5.42. The molecule has 0 aliphatic carbocycles. The molecule has 1 atom stereocenters. The number of piperidine rings is 1. The summed E-state index contributed by atoms with van der Waals surface area (Å²) in [6.07, 6.45) is 5.76. The molecule has 17 heavy (non-hydrogen) atoms. The molecular weight excluding hydrogens is 242 g/mol. The number of halogens is 1. The van der Waals surface area contributed by atoms with Crippen molar-refractivity contribution in [1.29, 1.82) is 0 Å². The lowest BCUT2D eigenvalue weighted by Gasteiger charge is -2.32. The molecule has 92 valence electrons. The van der Waals surface area contributed by atoms with Crippen LogP contribution in [-0.2, 0) is 11.3 Å². The number of hydrogen-bond donors (Lipinski definition) is 1. The Morgan fingerprint density at radius 1 is 1.47 bits per heavy atom. The van der Waals surface area contributed by atoms with E-state index in [9.17, 15) is 4.79 Å². The van der Waals surface area contributed by atoms with Crippen LogP contribution in [0.1, 0.15) is 25.0 Å². The lowest BCUT2D eigenvalue weighted by atomic mass is 10.0. The quantitative estimate of drug-likeness (QED) is 0.888. The number of rotatable bonds is 3. The van der Waals surface area contributed by atoms with Gasteiger partial charge in [0.2, 0.25) is 0 Å². The van der Waals surface area contributed by atoms with Gasteiger partial charge in [0.15, 0.2) is 5.15 Å². The summed E-state index contributed by atoms with van der Waals surface area (Å²) in [6, 6.07) is -0.429. The van der Waals surface area contributed by atoms with Gasteiger partial charge in [0.25, 0.3) is 0 Å². The number of hydrogen-bond acceptors (Lipinski definition) is 4. The molecule has 1 saturated heterocycles. The summed E-state index contributed by atoms with van der Waals surface area (Å²) in [6.45, 7) is 1.22. The van der Waals surface area contributed by atoms with Gasteiger partial charge >= 0.3 is 5.97 Å².